The van der Waals surface area contributed by atoms with Gasteiger partial charge < -0.3 is 14.5 Å². The number of fused-ring (bicyclic) bond motifs is 2. The fourth-order valence-corrected chi connectivity index (χ4v) is 8.62. The minimum Gasteiger partial charge on any atom is -0.457 e. The summed E-state index contributed by atoms with van der Waals surface area (Å²) in [4.78, 5) is 13.9. The molecule has 1 unspecified atom stereocenters. The first-order valence-electron chi connectivity index (χ1n) is 18.2. The average Bonchev–Trinajstić information content (AvgIpc) is 3.01. The third-order valence-corrected chi connectivity index (χ3v) is 15.5. The molecule has 1 amide bonds. The summed E-state index contributed by atoms with van der Waals surface area (Å²) in [5.41, 5.74) is 5.37. The Balaban J connectivity index is 1.33. The van der Waals surface area contributed by atoms with Crippen LogP contribution in [0.3, 0.4) is 0 Å². The average molecular weight is 654 g/mol. The van der Waals surface area contributed by atoms with Crippen LogP contribution in [0.4, 0.5) is 5.69 Å². The number of amides is 1. The van der Waals surface area contributed by atoms with Gasteiger partial charge in [0.2, 0.25) is 5.91 Å². The van der Waals surface area contributed by atoms with Crippen LogP contribution >= 0.6 is 0 Å². The molecule has 4 nitrogen and oxygen atoms in total. The van der Waals surface area contributed by atoms with Gasteiger partial charge >= 0.3 is 0 Å². The van der Waals surface area contributed by atoms with Crippen LogP contribution < -0.4 is 10.1 Å². The standard InChI is InChI=1S/C42H59NO3Si/c1-41(2,3)36-27-24-31(23-26-32(46-47(7,8)42(4,5)6)25-22-30-16-10-9-11-17-30)28-37(36)43-40(44)29-35-33-18-12-14-20-38(33)45-39-21-15-13-19-34(35)39/h12-15,18-21,24,27-28,30,32,35H,9-11,16-17,22-23,25-26,29H2,1-8H3,(H,43,44). The molecule has 3 aromatic carbocycles. The summed E-state index contributed by atoms with van der Waals surface area (Å²) in [6.07, 6.45) is 12.0. The molecular weight excluding hydrogens is 595 g/mol. The minimum absolute atomic E-state index is 0.0239. The number of para-hydroxylation sites is 2. The Morgan fingerprint density at radius 2 is 1.49 bits per heavy atom. The minimum atomic E-state index is -1.90. The lowest BCUT2D eigenvalue weighted by Crippen LogP contribution is -2.44. The molecule has 0 radical (unpaired) electrons. The number of carbonyl (C=O) groups is 1. The molecule has 1 saturated carbocycles. The molecule has 1 N–H and O–H groups in total. The predicted molar refractivity (Wildman–Crippen MR) is 199 cm³/mol. The lowest BCUT2D eigenvalue weighted by Gasteiger charge is -2.40. The van der Waals surface area contributed by atoms with Gasteiger partial charge in [-0.25, -0.2) is 0 Å². The quantitative estimate of drug-likeness (QED) is 0.210. The number of aryl methyl sites for hydroxylation is 1. The van der Waals surface area contributed by atoms with Crippen molar-refractivity contribution in [2.45, 2.75) is 141 Å². The summed E-state index contributed by atoms with van der Waals surface area (Å²) in [7, 11) is -1.90. The first-order valence-corrected chi connectivity index (χ1v) is 21.1. The van der Waals surface area contributed by atoms with E-state index in [1.165, 1.54) is 44.1 Å². The maximum absolute atomic E-state index is 13.9. The van der Waals surface area contributed by atoms with Crippen LogP contribution in [-0.4, -0.2) is 20.3 Å². The maximum Gasteiger partial charge on any atom is 0.225 e. The van der Waals surface area contributed by atoms with Crippen molar-refractivity contribution in [3.8, 4) is 11.5 Å². The summed E-state index contributed by atoms with van der Waals surface area (Å²) < 4.78 is 13.3. The lowest BCUT2D eigenvalue weighted by molar-refractivity contribution is -0.116. The van der Waals surface area contributed by atoms with Crippen LogP contribution in [0.15, 0.2) is 66.7 Å². The molecule has 47 heavy (non-hydrogen) atoms. The lowest BCUT2D eigenvalue weighted by atomic mass is 9.83. The molecular formula is C42H59NO3Si. The Labute approximate surface area is 286 Å². The second kappa shape index (κ2) is 14.7. The van der Waals surface area contributed by atoms with E-state index in [2.05, 4.69) is 90.3 Å². The Bertz CT molecular complexity index is 1460. The number of rotatable bonds is 11. The van der Waals surface area contributed by atoms with Crippen molar-refractivity contribution in [3.63, 3.8) is 0 Å². The highest BCUT2D eigenvalue weighted by Gasteiger charge is 2.39. The Kier molecular flexibility index (Phi) is 11.1. The van der Waals surface area contributed by atoms with Gasteiger partial charge in [-0.15, -0.1) is 0 Å². The number of ether oxygens (including phenoxy) is 1. The number of hydrogen-bond acceptors (Lipinski definition) is 3. The van der Waals surface area contributed by atoms with Crippen LogP contribution in [-0.2, 0) is 21.1 Å². The molecule has 2 aliphatic rings. The Morgan fingerprint density at radius 3 is 2.09 bits per heavy atom. The van der Waals surface area contributed by atoms with Gasteiger partial charge in [0.25, 0.3) is 0 Å². The zero-order valence-electron chi connectivity index (χ0n) is 30.4. The molecule has 0 aromatic heterocycles. The van der Waals surface area contributed by atoms with Gasteiger partial charge in [0.1, 0.15) is 11.5 Å². The molecule has 0 bridgehead atoms. The second-order valence-electron chi connectivity index (χ2n) is 16.7. The van der Waals surface area contributed by atoms with Crippen molar-refractivity contribution in [1.29, 1.82) is 0 Å². The molecule has 3 aromatic rings. The van der Waals surface area contributed by atoms with Gasteiger partial charge in [-0.05, 0) is 84.5 Å². The van der Waals surface area contributed by atoms with Crippen molar-refractivity contribution in [2.24, 2.45) is 5.92 Å². The maximum atomic E-state index is 13.9. The number of carbonyl (C=O) groups excluding carboxylic acids is 1. The SMILES string of the molecule is CC(C)(C)c1ccc(CCC(CCC2CCCCC2)O[Si](C)(C)C(C)(C)C)cc1NC(=O)CC1c2ccccc2Oc2ccccc21. The van der Waals surface area contributed by atoms with Crippen LogP contribution in [0.2, 0.25) is 18.1 Å². The van der Waals surface area contributed by atoms with Gasteiger partial charge in [-0.1, -0.05) is 122 Å². The van der Waals surface area contributed by atoms with E-state index in [1.807, 2.05) is 36.4 Å². The molecule has 1 heterocycles. The molecule has 254 valence electrons. The van der Waals surface area contributed by atoms with E-state index >= 15 is 0 Å². The molecule has 1 aliphatic heterocycles. The summed E-state index contributed by atoms with van der Waals surface area (Å²) in [5.74, 6) is 2.49. The van der Waals surface area contributed by atoms with Gasteiger partial charge in [0.15, 0.2) is 8.32 Å². The second-order valence-corrected chi connectivity index (χ2v) is 21.5. The van der Waals surface area contributed by atoms with E-state index in [0.29, 0.717) is 6.42 Å². The molecule has 1 atom stereocenters. The van der Waals surface area contributed by atoms with E-state index in [1.54, 1.807) is 0 Å². The zero-order valence-corrected chi connectivity index (χ0v) is 31.4. The zero-order chi connectivity index (χ0) is 33.8. The molecule has 5 heteroatoms. The monoisotopic (exact) mass is 653 g/mol. The molecule has 1 aliphatic carbocycles. The van der Waals surface area contributed by atoms with Crippen molar-refractivity contribution in [1.82, 2.24) is 0 Å². The highest BCUT2D eigenvalue weighted by molar-refractivity contribution is 6.74. The number of hydrogen-bond donors (Lipinski definition) is 1. The number of benzene rings is 3. The van der Waals surface area contributed by atoms with Crippen LogP contribution in [0.5, 0.6) is 11.5 Å². The van der Waals surface area contributed by atoms with Crippen LogP contribution in [0.1, 0.15) is 128 Å². The fraction of sp³-hybridized carbons (Fsp3) is 0.548. The first kappa shape index (κ1) is 35.4. The summed E-state index contributed by atoms with van der Waals surface area (Å²) in [6.45, 7) is 18.5. The van der Waals surface area contributed by atoms with Gasteiger partial charge in [-0.2, -0.15) is 0 Å². The van der Waals surface area contributed by atoms with E-state index in [-0.39, 0.29) is 28.4 Å². The molecule has 0 spiro atoms. The van der Waals surface area contributed by atoms with Crippen molar-refractivity contribution >= 4 is 19.9 Å². The summed E-state index contributed by atoms with van der Waals surface area (Å²) in [6, 6.07) is 22.9. The van der Waals surface area contributed by atoms with Gasteiger partial charge in [-0.3, -0.25) is 4.79 Å². The summed E-state index contributed by atoms with van der Waals surface area (Å²) in [5, 5.41) is 3.56. The normalized spacial score (nSPS) is 16.6. The van der Waals surface area contributed by atoms with Crippen molar-refractivity contribution in [3.05, 3.63) is 89.0 Å². The third kappa shape index (κ3) is 8.97. The van der Waals surface area contributed by atoms with Gasteiger partial charge in [0, 0.05) is 35.3 Å². The molecule has 5 rings (SSSR count). The fourth-order valence-electron chi connectivity index (χ4n) is 7.20. The Morgan fingerprint density at radius 1 is 0.872 bits per heavy atom. The smallest absolute Gasteiger partial charge is 0.225 e. The van der Waals surface area contributed by atoms with E-state index < -0.39 is 8.32 Å². The highest BCUT2D eigenvalue weighted by Crippen LogP contribution is 2.46. The predicted octanol–water partition coefficient (Wildman–Crippen LogP) is 11.9. The largest absolute Gasteiger partial charge is 0.457 e. The van der Waals surface area contributed by atoms with Crippen molar-refractivity contribution in [2.75, 3.05) is 5.32 Å². The highest BCUT2D eigenvalue weighted by atomic mass is 28.4. The summed E-state index contributed by atoms with van der Waals surface area (Å²) >= 11 is 0. The van der Waals surface area contributed by atoms with Gasteiger partial charge in [0.05, 0.1) is 0 Å². The van der Waals surface area contributed by atoms with E-state index in [9.17, 15) is 4.79 Å². The van der Waals surface area contributed by atoms with E-state index in [0.717, 1.165) is 59.1 Å². The number of nitrogens with one attached hydrogen (secondary N) is 1. The molecule has 1 fully saturated rings. The Hall–Kier alpha value is -2.89. The first-order chi connectivity index (χ1) is 22.2. The third-order valence-electron chi connectivity index (χ3n) is 11.0. The van der Waals surface area contributed by atoms with Crippen LogP contribution in [0.25, 0.3) is 0 Å². The molecule has 0 saturated heterocycles. The van der Waals surface area contributed by atoms with E-state index in [4.69, 9.17) is 9.16 Å². The van der Waals surface area contributed by atoms with Crippen LogP contribution in [0, 0.1) is 5.92 Å². The topological polar surface area (TPSA) is 47.6 Å². The van der Waals surface area contributed by atoms with Crippen molar-refractivity contribution < 1.29 is 14.0 Å². The number of anilines is 1.